The lowest BCUT2D eigenvalue weighted by atomic mass is 10.1. The van der Waals surface area contributed by atoms with E-state index in [2.05, 4.69) is 45.9 Å². The fraction of sp³-hybridized carbons (Fsp3) is 0.348. The van der Waals surface area contributed by atoms with Gasteiger partial charge < -0.3 is 76.8 Å². The van der Waals surface area contributed by atoms with Gasteiger partial charge in [-0.05, 0) is 36.4 Å². The van der Waals surface area contributed by atoms with Crippen LogP contribution in [0.2, 0.25) is 0 Å². The molecule has 2 aromatic carbocycles. The molecule has 30 heteroatoms. The van der Waals surface area contributed by atoms with Crippen molar-refractivity contribution in [2.24, 2.45) is 0 Å². The van der Waals surface area contributed by atoms with Gasteiger partial charge in [-0.1, -0.05) is 12.1 Å². The summed E-state index contributed by atoms with van der Waals surface area (Å²) in [5.41, 5.74) is 4.72. The number of phenolic OH excluding ortho intramolecular Hbond substituents is 2. The first-order valence-corrected chi connectivity index (χ1v) is 23.3. The maximum absolute atomic E-state index is 12.8. The van der Waals surface area contributed by atoms with Gasteiger partial charge in [-0.15, -0.1) is 0 Å². The molecule has 2 amide bonds. The third-order valence-electron chi connectivity index (χ3n) is 11.9. The van der Waals surface area contributed by atoms with Gasteiger partial charge in [0, 0.05) is 109 Å². The molecule has 4 aliphatic heterocycles. The number of nitro groups is 1. The fourth-order valence-corrected chi connectivity index (χ4v) is 8.02. The highest BCUT2D eigenvalue weighted by Crippen LogP contribution is 2.32. The van der Waals surface area contributed by atoms with Crippen molar-refractivity contribution < 1.29 is 64.3 Å². The Labute approximate surface area is 431 Å². The monoisotopic (exact) mass is 1050 g/mol. The third-order valence-corrected chi connectivity index (χ3v) is 11.9. The molecule has 0 aliphatic carbocycles. The van der Waals surface area contributed by atoms with E-state index in [4.69, 9.17) is 15.9 Å². The highest BCUT2D eigenvalue weighted by molar-refractivity contribution is 6.01. The maximum atomic E-state index is 12.8. The number of rotatable bonds is 10. The van der Waals surface area contributed by atoms with Crippen molar-refractivity contribution in [3.05, 3.63) is 113 Å². The lowest BCUT2D eigenvalue weighted by Gasteiger charge is -2.39. The van der Waals surface area contributed by atoms with E-state index in [1.54, 1.807) is 52.8 Å². The Morgan fingerprint density at radius 1 is 0.539 bits per heavy atom. The first-order valence-electron chi connectivity index (χ1n) is 23.3. The zero-order valence-corrected chi connectivity index (χ0v) is 40.3. The summed E-state index contributed by atoms with van der Waals surface area (Å²) in [5.74, 6) is -5.16. The number of amides is 2. The van der Waals surface area contributed by atoms with Crippen LogP contribution in [0.4, 0.5) is 29.2 Å². The molecule has 4 fully saturated rings. The van der Waals surface area contributed by atoms with Crippen LogP contribution in [0.25, 0.3) is 0 Å². The Balaban J connectivity index is 0.000000176. The molecule has 7 heterocycles. The summed E-state index contributed by atoms with van der Waals surface area (Å²) >= 11 is 0. The quantitative estimate of drug-likeness (QED) is 0.0335. The number of carboxylic acids is 4. The van der Waals surface area contributed by atoms with Crippen LogP contribution in [0.15, 0.2) is 91.8 Å². The minimum absolute atomic E-state index is 0.0179. The van der Waals surface area contributed by atoms with Gasteiger partial charge in [0.1, 0.15) is 24.2 Å². The van der Waals surface area contributed by atoms with Crippen molar-refractivity contribution >= 4 is 64.9 Å². The number of nitrogens with one attached hydrogen (secondary N) is 3. The maximum Gasteiger partial charge on any atom is 0.328 e. The Kier molecular flexibility index (Phi) is 19.5. The molecule has 30 nitrogen and oxygen atoms in total. The number of aromatic nitrogens is 6. The fourth-order valence-electron chi connectivity index (χ4n) is 8.02. The number of piperazine rings is 4. The van der Waals surface area contributed by atoms with E-state index < -0.39 is 76.2 Å². The number of nitrogens with zero attached hydrogens (tertiary/aromatic N) is 12. The van der Waals surface area contributed by atoms with E-state index in [-0.39, 0.29) is 55.3 Å². The molecule has 76 heavy (non-hydrogen) atoms. The van der Waals surface area contributed by atoms with Crippen molar-refractivity contribution in [3.8, 4) is 11.5 Å². The van der Waals surface area contributed by atoms with Crippen LogP contribution in [0.3, 0.4) is 0 Å². The number of carboxylic acid groups (broad SMARTS) is 4. The summed E-state index contributed by atoms with van der Waals surface area (Å²) in [6, 6.07) is 9.73. The molecule has 9 rings (SSSR count). The Bertz CT molecular complexity index is 2820. The molecule has 4 unspecified atom stereocenters. The first-order chi connectivity index (χ1) is 36.5. The lowest BCUT2D eigenvalue weighted by Crippen LogP contribution is -2.58. The Morgan fingerprint density at radius 2 is 0.974 bits per heavy atom. The van der Waals surface area contributed by atoms with Crippen molar-refractivity contribution in [1.82, 2.24) is 55.7 Å². The molecule has 0 bridgehead atoms. The zero-order chi connectivity index (χ0) is 54.9. The molecule has 4 aliphatic rings. The van der Waals surface area contributed by atoms with Crippen LogP contribution in [0.5, 0.6) is 11.5 Å². The first kappa shape index (κ1) is 55.9. The average Bonchev–Trinajstić information content (AvgIpc) is 3.44. The molecule has 0 radical (unpaired) electrons. The van der Waals surface area contributed by atoms with Gasteiger partial charge in [0.2, 0.25) is 23.6 Å². The molecule has 4 atom stereocenters. The van der Waals surface area contributed by atoms with Crippen LogP contribution < -0.4 is 36.4 Å². The number of nitro benzene ring substituents is 1. The van der Waals surface area contributed by atoms with Crippen molar-refractivity contribution in [1.29, 1.82) is 0 Å². The van der Waals surface area contributed by atoms with E-state index >= 15 is 0 Å². The lowest BCUT2D eigenvalue weighted by molar-refractivity contribution is -0.385. The van der Waals surface area contributed by atoms with E-state index in [1.165, 1.54) is 47.6 Å². The number of benzene rings is 2. The summed E-state index contributed by atoms with van der Waals surface area (Å²) in [6.07, 6.45) is 9.49. The third kappa shape index (κ3) is 14.4. The smallest absolute Gasteiger partial charge is 0.328 e. The SMILES string of the molecule is Nc1cccc(C(=O)N2CCN(c3ncccn3)CC2C(=O)O)c1O.O=C(O)C1CN(c2ncccn2)CCN1.O=C(O)C1CN(c2ncccn2)CCN1C(=O)c1cccc([N+](=O)[O-])c1O.O=C(O)C1CNCCN1. The van der Waals surface area contributed by atoms with Crippen molar-refractivity contribution in [2.75, 3.05) is 99.0 Å². The largest absolute Gasteiger partial charge is 0.505 e. The molecule has 4 saturated heterocycles. The predicted molar refractivity (Wildman–Crippen MR) is 267 cm³/mol. The van der Waals surface area contributed by atoms with Crippen LogP contribution in [0, 0.1) is 10.1 Å². The van der Waals surface area contributed by atoms with Gasteiger partial charge in [-0.2, -0.15) is 0 Å². The van der Waals surface area contributed by atoms with Gasteiger partial charge in [0.25, 0.3) is 11.8 Å². The van der Waals surface area contributed by atoms with E-state index in [9.17, 15) is 59.3 Å². The number of aromatic hydroxyl groups is 2. The number of para-hydroxylation sites is 2. The average molecular weight is 1060 g/mol. The molecule has 5 aromatic rings. The number of nitrogens with two attached hydrogens (primary N) is 1. The van der Waals surface area contributed by atoms with Gasteiger partial charge in [0.15, 0.2) is 5.75 Å². The highest BCUT2D eigenvalue weighted by Gasteiger charge is 2.39. The van der Waals surface area contributed by atoms with E-state index in [1.807, 2.05) is 4.90 Å². The number of carbonyl (C=O) groups excluding carboxylic acids is 2. The van der Waals surface area contributed by atoms with Crippen molar-refractivity contribution in [2.45, 2.75) is 24.2 Å². The second-order valence-corrected chi connectivity index (χ2v) is 16.8. The Morgan fingerprint density at radius 3 is 1.38 bits per heavy atom. The molecular weight excluding hydrogens is 1000 g/mol. The normalized spacial score (nSPS) is 19.2. The second-order valence-electron chi connectivity index (χ2n) is 16.8. The Hall–Kier alpha value is -9.42. The van der Waals surface area contributed by atoms with Crippen LogP contribution in [0.1, 0.15) is 20.7 Å². The number of anilines is 4. The number of nitrogen functional groups attached to an aromatic ring is 1. The highest BCUT2D eigenvalue weighted by atomic mass is 16.6. The van der Waals surface area contributed by atoms with Gasteiger partial charge in [-0.3, -0.25) is 29.3 Å². The molecule has 11 N–H and O–H groups in total. The summed E-state index contributed by atoms with van der Waals surface area (Å²) < 4.78 is 0. The standard InChI is InChI=1S/C16H15N5O6.C16H17N5O4.C9H12N4O2.C5H10N2O2/c22-13-10(3-1-4-11(13)21(26)27)14(23)20-8-7-19(9-12(20)15(24)25)16-17-5-2-6-18-16;17-11-4-1-3-10(13(11)22)14(23)21-8-7-20(9-12(21)15(24)25)16-18-5-2-6-19-16;14-8(15)7-6-13(5-4-10-7)9-11-2-1-3-12-9;8-5(9)4-3-6-1-2-7-4/h1-6,12,22H,7-9H2,(H,24,25);1-6,12,22H,7-9,17H2,(H,24,25);1-3,7,10H,4-6H2,(H,14,15);4,6-7H,1-3H2,(H,8,9). The molecule has 3 aromatic heterocycles. The minimum atomic E-state index is -1.24. The van der Waals surface area contributed by atoms with E-state index in [0.717, 1.165) is 30.6 Å². The van der Waals surface area contributed by atoms with Gasteiger partial charge in [-0.25, -0.2) is 39.5 Å². The van der Waals surface area contributed by atoms with Crippen molar-refractivity contribution in [3.63, 3.8) is 0 Å². The van der Waals surface area contributed by atoms with E-state index in [0.29, 0.717) is 44.0 Å². The number of hydrogen-bond donors (Lipinski definition) is 10. The summed E-state index contributed by atoms with van der Waals surface area (Å²) in [4.78, 5) is 112. The van der Waals surface area contributed by atoms with Gasteiger partial charge in [0.05, 0.1) is 34.8 Å². The van der Waals surface area contributed by atoms with Gasteiger partial charge >= 0.3 is 29.6 Å². The van der Waals surface area contributed by atoms with Crippen LogP contribution in [-0.4, -0.2) is 214 Å². The summed E-state index contributed by atoms with van der Waals surface area (Å²) in [5, 5.41) is 76.2. The molecular formula is C46H54N16O14. The number of carbonyl (C=O) groups is 6. The molecule has 402 valence electrons. The minimum Gasteiger partial charge on any atom is -0.505 e. The summed E-state index contributed by atoms with van der Waals surface area (Å²) in [7, 11) is 0. The predicted octanol–water partition coefficient (Wildman–Crippen LogP) is -1.34. The number of aliphatic carboxylic acids is 4. The second kappa shape index (κ2) is 26.5. The zero-order valence-electron chi connectivity index (χ0n) is 40.3. The number of hydrogen-bond acceptors (Lipinski definition) is 23. The van der Waals surface area contributed by atoms with Crippen LogP contribution >= 0.6 is 0 Å². The molecule has 0 spiro atoms. The van der Waals surface area contributed by atoms with Crippen LogP contribution in [-0.2, 0) is 19.2 Å². The topological polar surface area (TPSA) is 423 Å². The summed E-state index contributed by atoms with van der Waals surface area (Å²) in [6.45, 7) is 4.74. The number of phenols is 2. The molecule has 0 saturated carbocycles.